The molecule has 0 unspecified atom stereocenters. The Morgan fingerprint density at radius 3 is 2.27 bits per heavy atom. The van der Waals surface area contributed by atoms with E-state index in [-0.39, 0.29) is 0 Å². The van der Waals surface area contributed by atoms with Crippen LogP contribution in [-0.4, -0.2) is 25.1 Å². The summed E-state index contributed by atoms with van der Waals surface area (Å²) >= 11 is 0. The van der Waals surface area contributed by atoms with Crippen LogP contribution in [0.1, 0.15) is 0 Å². The third kappa shape index (κ3) is 9.08. The van der Waals surface area contributed by atoms with Crippen LogP contribution in [-0.2, 0) is 14.6 Å². The van der Waals surface area contributed by atoms with Crippen LogP contribution in [0.5, 0.6) is 0 Å². The molecule has 11 heavy (non-hydrogen) atoms. The first-order valence-corrected chi connectivity index (χ1v) is 3.90. The summed E-state index contributed by atoms with van der Waals surface area (Å²) in [4.78, 5) is 5.61. The minimum absolute atomic E-state index is 0.808. The summed E-state index contributed by atoms with van der Waals surface area (Å²) in [6, 6.07) is 0. The van der Waals surface area contributed by atoms with Crippen LogP contribution >= 0.6 is 0 Å². The fourth-order valence-electron chi connectivity index (χ4n) is 0.241. The van der Waals surface area contributed by atoms with Crippen LogP contribution in [0.15, 0.2) is 18.7 Å². The minimum Gasteiger partial charge on any atom is -0.726 e. The number of imidazole rings is 1. The van der Waals surface area contributed by atoms with Gasteiger partial charge in [0.15, 0.2) is 0 Å². The van der Waals surface area contributed by atoms with Crippen molar-refractivity contribution < 1.29 is 22.1 Å². The molecule has 1 rings (SSSR count). The van der Waals surface area contributed by atoms with E-state index in [1.807, 2.05) is 12.4 Å². The van der Waals surface area contributed by atoms with Gasteiger partial charge in [-0.15, -0.1) is 0 Å². The lowest BCUT2D eigenvalue weighted by molar-refractivity contribution is -0.375. The molecule has 0 bridgehead atoms. The van der Waals surface area contributed by atoms with E-state index < -0.39 is 10.4 Å². The lowest BCUT2D eigenvalue weighted by Gasteiger charge is -1.98. The second-order valence-corrected chi connectivity index (χ2v) is 2.54. The van der Waals surface area contributed by atoms with E-state index in [4.69, 9.17) is 0 Å². The summed E-state index contributed by atoms with van der Waals surface area (Å²) in [5.74, 6) is 0. The number of hydrogen-bond acceptors (Lipinski definition) is 4. The Bertz CT molecular complexity index is 236. The topological polar surface area (TPSA) is 96.4 Å². The van der Waals surface area contributed by atoms with Gasteiger partial charge in [-0.1, -0.05) is 0 Å². The molecule has 1 aromatic heterocycles. The van der Waals surface area contributed by atoms with Crippen molar-refractivity contribution in [1.82, 2.24) is 4.98 Å². The summed E-state index contributed by atoms with van der Waals surface area (Å²) in [7, 11) is -3.60. The molecule has 0 amide bonds. The van der Waals surface area contributed by atoms with Crippen molar-refractivity contribution in [3.05, 3.63) is 18.7 Å². The molecule has 0 spiro atoms. The van der Waals surface area contributed by atoms with Gasteiger partial charge in [-0.3, -0.25) is 14.2 Å². The van der Waals surface area contributed by atoms with E-state index in [1.165, 1.54) is 0 Å². The molecule has 0 aliphatic carbocycles. The minimum atomic E-state index is -4.41. The van der Waals surface area contributed by atoms with Crippen LogP contribution in [0.3, 0.4) is 0 Å². The molecule has 0 aromatic carbocycles. The molecule has 0 saturated carbocycles. The maximum Gasteiger partial charge on any atom is 0.239 e. The molecule has 1 heterocycles. The zero-order valence-corrected chi connectivity index (χ0v) is 6.59. The number of aromatic amines is 2. The first-order chi connectivity index (χ1) is 5.06. The van der Waals surface area contributed by atoms with Crippen molar-refractivity contribution in [3.8, 4) is 0 Å². The highest BCUT2D eigenvalue weighted by molar-refractivity contribution is 7.80. The van der Waals surface area contributed by atoms with Gasteiger partial charge >= 0.3 is 0 Å². The Morgan fingerprint density at radius 2 is 2.18 bits per heavy atom. The van der Waals surface area contributed by atoms with E-state index in [9.17, 15) is 13.0 Å². The molecule has 0 aliphatic heterocycles. The molecule has 1 aromatic rings. The van der Waals surface area contributed by atoms with Gasteiger partial charge in [-0.05, 0) is 0 Å². The van der Waals surface area contributed by atoms with Crippen molar-refractivity contribution in [3.63, 3.8) is 0 Å². The highest BCUT2D eigenvalue weighted by Gasteiger charge is 1.79. The zero-order chi connectivity index (χ0) is 8.74. The van der Waals surface area contributed by atoms with Gasteiger partial charge < -0.3 is 4.55 Å². The van der Waals surface area contributed by atoms with Crippen LogP contribution in [0, 0.1) is 0 Å². The fraction of sp³-hybridized carbons (Fsp3) is 0.250. The van der Waals surface area contributed by atoms with Crippen molar-refractivity contribution in [2.24, 2.45) is 0 Å². The number of H-pyrrole nitrogens is 2. The molecule has 0 radical (unpaired) electrons. The van der Waals surface area contributed by atoms with Gasteiger partial charge in [0.25, 0.3) is 0 Å². The number of hydrogen-bond donors (Lipinski definition) is 1. The summed E-state index contributed by atoms with van der Waals surface area (Å²) < 4.78 is 31.0. The molecule has 64 valence electrons. The molecular weight excluding hydrogens is 172 g/mol. The Morgan fingerprint density at radius 1 is 1.64 bits per heavy atom. The monoisotopic (exact) mass is 180 g/mol. The lowest BCUT2D eigenvalue weighted by atomic mass is 11.0. The maximum atomic E-state index is 9.22. The smallest absolute Gasteiger partial charge is 0.239 e. The van der Waals surface area contributed by atoms with Crippen molar-refractivity contribution >= 4 is 10.4 Å². The average molecular weight is 180 g/mol. The van der Waals surface area contributed by atoms with E-state index in [1.54, 1.807) is 6.33 Å². The van der Waals surface area contributed by atoms with E-state index in [0.29, 0.717) is 0 Å². The number of rotatable bonds is 1. The highest BCUT2D eigenvalue weighted by atomic mass is 32.3. The summed E-state index contributed by atoms with van der Waals surface area (Å²) in [5.41, 5.74) is 0. The van der Waals surface area contributed by atoms with E-state index in [0.717, 1.165) is 7.11 Å². The maximum absolute atomic E-state index is 9.22. The third-order valence-electron chi connectivity index (χ3n) is 0.647. The second kappa shape index (κ2) is 4.83. The zero-order valence-electron chi connectivity index (χ0n) is 5.77. The molecule has 0 aliphatic rings. The molecule has 0 fully saturated rings. The van der Waals surface area contributed by atoms with Gasteiger partial charge in [0.05, 0.1) is 7.11 Å². The Hall–Kier alpha value is -0.920. The molecule has 7 heteroatoms. The standard InChI is InChI=1S/C3H4N2.CH4O4S/c1-2-5-3-4-1;1-5-6(2,3)4/h1-3H,(H,4,5);1H3,(H,2,3,4). The third-order valence-corrected chi connectivity index (χ3v) is 1.05. The van der Waals surface area contributed by atoms with Gasteiger partial charge in [0.2, 0.25) is 16.7 Å². The predicted molar refractivity (Wildman–Crippen MR) is 34.1 cm³/mol. The molecule has 0 atom stereocenters. The van der Waals surface area contributed by atoms with Crippen LogP contribution in [0.4, 0.5) is 0 Å². The Labute approximate surface area is 64.2 Å². The van der Waals surface area contributed by atoms with Gasteiger partial charge in [-0.2, -0.15) is 0 Å². The molecule has 0 saturated heterocycles. The number of aromatic nitrogens is 2. The van der Waals surface area contributed by atoms with Crippen LogP contribution in [0.25, 0.3) is 0 Å². The fourth-order valence-corrected chi connectivity index (χ4v) is 0.241. The molecular formula is C4H8N2O4S. The predicted octanol–water partition coefficient (Wildman–Crippen LogP) is -1.08. The van der Waals surface area contributed by atoms with Gasteiger partial charge in [0, 0.05) is 0 Å². The summed E-state index contributed by atoms with van der Waals surface area (Å²) in [6.45, 7) is 0. The van der Waals surface area contributed by atoms with Crippen LogP contribution in [0.2, 0.25) is 0 Å². The van der Waals surface area contributed by atoms with E-state index in [2.05, 4.69) is 14.2 Å². The summed E-state index contributed by atoms with van der Waals surface area (Å²) in [6.07, 6.45) is 5.39. The van der Waals surface area contributed by atoms with Crippen molar-refractivity contribution in [2.75, 3.05) is 7.11 Å². The van der Waals surface area contributed by atoms with Gasteiger partial charge in [-0.25, -0.2) is 8.42 Å². The quantitative estimate of drug-likeness (QED) is 0.439. The van der Waals surface area contributed by atoms with Crippen molar-refractivity contribution in [1.29, 1.82) is 0 Å². The molecule has 6 nitrogen and oxygen atoms in total. The second-order valence-electron chi connectivity index (χ2n) is 1.39. The normalized spacial score (nSPS) is 10.0. The lowest BCUT2D eigenvalue weighted by Crippen LogP contribution is -1.97. The molecule has 2 N–H and O–H groups in total. The highest BCUT2D eigenvalue weighted by Crippen LogP contribution is 1.74. The summed E-state index contributed by atoms with van der Waals surface area (Å²) in [5, 5.41) is 0. The van der Waals surface area contributed by atoms with Crippen LogP contribution < -0.4 is 4.98 Å². The Kier molecular flexibility index (Phi) is 4.42. The SMILES string of the molecule is COS(=O)(=O)[O-].c1c[nH+]c[nH]1. The first-order valence-electron chi connectivity index (χ1n) is 2.56. The largest absolute Gasteiger partial charge is 0.726 e. The van der Waals surface area contributed by atoms with Crippen molar-refractivity contribution in [2.45, 2.75) is 0 Å². The average Bonchev–Trinajstić information content (AvgIpc) is 2.41. The van der Waals surface area contributed by atoms with E-state index >= 15 is 0 Å². The van der Waals surface area contributed by atoms with Gasteiger partial charge in [0.1, 0.15) is 12.4 Å². The number of nitrogens with one attached hydrogen (secondary N) is 2. The first kappa shape index (κ1) is 10.1. The Balaban J connectivity index is 0.000000183.